The topological polar surface area (TPSA) is 56.5 Å². The molecule has 18 heavy (non-hydrogen) atoms. The minimum atomic E-state index is 0.801. The summed E-state index contributed by atoms with van der Waals surface area (Å²) in [5.41, 5.74) is 2.30. The van der Waals surface area contributed by atoms with Crippen molar-refractivity contribution in [3.8, 4) is 0 Å². The van der Waals surface area contributed by atoms with E-state index >= 15 is 0 Å². The lowest BCUT2D eigenvalue weighted by Gasteiger charge is -2.07. The maximum absolute atomic E-state index is 4.76. The number of hydrogen-bond donors (Lipinski definition) is 2. The summed E-state index contributed by atoms with van der Waals surface area (Å²) in [5, 5.41) is 3.34. The van der Waals surface area contributed by atoms with E-state index in [4.69, 9.17) is 5.90 Å². The van der Waals surface area contributed by atoms with Gasteiger partial charge in [0.25, 0.3) is 0 Å². The second-order valence-electron chi connectivity index (χ2n) is 3.61. The van der Waals surface area contributed by atoms with E-state index in [2.05, 4.69) is 26.8 Å². The first-order valence-corrected chi connectivity index (χ1v) is 6.20. The lowest BCUT2D eigenvalue weighted by Crippen LogP contribution is -1.98. The van der Waals surface area contributed by atoms with E-state index in [9.17, 15) is 0 Å². The second kappa shape index (κ2) is 7.03. The van der Waals surface area contributed by atoms with Gasteiger partial charge in [-0.05, 0) is 29.8 Å². The summed E-state index contributed by atoms with van der Waals surface area (Å²) in [6.07, 6.45) is 0. The van der Waals surface area contributed by atoms with Gasteiger partial charge in [0.1, 0.15) is 0 Å². The molecule has 94 valence electrons. The minimum Gasteiger partial charge on any atom is -0.381 e. The standard InChI is InChI=1S/C13H14N2O2S/c14-16-17-18-13-8-6-12(7-9-13)15-10-11-4-2-1-3-5-11/h1-9,15H,10,14H2. The van der Waals surface area contributed by atoms with Crippen molar-refractivity contribution in [1.29, 1.82) is 0 Å². The number of rotatable bonds is 6. The third-order valence-electron chi connectivity index (χ3n) is 2.36. The smallest absolute Gasteiger partial charge is 0.0702 e. The van der Waals surface area contributed by atoms with Crippen LogP contribution in [0.5, 0.6) is 0 Å². The molecule has 0 aliphatic rings. The van der Waals surface area contributed by atoms with Gasteiger partial charge >= 0.3 is 0 Å². The van der Waals surface area contributed by atoms with E-state index in [0.717, 1.165) is 29.2 Å². The Bertz CT molecular complexity index is 462. The molecule has 0 aromatic heterocycles. The summed E-state index contributed by atoms with van der Waals surface area (Å²) >= 11 is 1.07. The molecule has 5 heteroatoms. The highest BCUT2D eigenvalue weighted by Crippen LogP contribution is 2.21. The SMILES string of the molecule is NOOSc1ccc(NCc2ccccc2)cc1. The van der Waals surface area contributed by atoms with Gasteiger partial charge in [0.2, 0.25) is 0 Å². The molecule has 0 unspecified atom stereocenters. The summed E-state index contributed by atoms with van der Waals surface area (Å²) in [6, 6.07) is 18.1. The molecular formula is C13H14N2O2S. The van der Waals surface area contributed by atoms with Crippen LogP contribution in [0, 0.1) is 0 Å². The number of nitrogens with two attached hydrogens (primary N) is 1. The Hall–Kier alpha value is -1.53. The van der Waals surface area contributed by atoms with E-state index in [1.54, 1.807) is 0 Å². The molecule has 2 aromatic carbocycles. The number of benzene rings is 2. The largest absolute Gasteiger partial charge is 0.381 e. The van der Waals surface area contributed by atoms with Crippen LogP contribution >= 0.6 is 12.0 Å². The summed E-state index contributed by atoms with van der Waals surface area (Å²) in [5.74, 6) is 4.76. The van der Waals surface area contributed by atoms with Crippen LogP contribution in [0.25, 0.3) is 0 Å². The molecule has 0 saturated heterocycles. The minimum absolute atomic E-state index is 0.801. The Morgan fingerprint density at radius 3 is 2.39 bits per heavy atom. The van der Waals surface area contributed by atoms with E-state index < -0.39 is 0 Å². The highest BCUT2D eigenvalue weighted by Gasteiger charge is 1.97. The van der Waals surface area contributed by atoms with Crippen LogP contribution in [0.1, 0.15) is 5.56 Å². The first-order chi connectivity index (χ1) is 8.88. The molecule has 0 radical (unpaired) electrons. The van der Waals surface area contributed by atoms with Crippen LogP contribution in [0.15, 0.2) is 59.5 Å². The average molecular weight is 262 g/mol. The van der Waals surface area contributed by atoms with E-state index in [0.29, 0.717) is 0 Å². The van der Waals surface area contributed by atoms with Crippen LogP contribution in [-0.4, -0.2) is 0 Å². The summed E-state index contributed by atoms with van der Waals surface area (Å²) in [4.78, 5) is 4.95. The fourth-order valence-electron chi connectivity index (χ4n) is 1.49. The molecule has 0 aliphatic heterocycles. The molecule has 0 saturated carbocycles. The molecule has 0 heterocycles. The predicted octanol–water partition coefficient (Wildman–Crippen LogP) is 3.13. The zero-order valence-corrected chi connectivity index (χ0v) is 10.5. The highest BCUT2D eigenvalue weighted by atomic mass is 32.2. The van der Waals surface area contributed by atoms with Gasteiger partial charge in [0, 0.05) is 17.1 Å². The van der Waals surface area contributed by atoms with Crippen molar-refractivity contribution >= 4 is 17.7 Å². The number of anilines is 1. The third kappa shape index (κ3) is 4.05. The van der Waals surface area contributed by atoms with Gasteiger partial charge in [-0.1, -0.05) is 30.3 Å². The molecule has 3 N–H and O–H groups in total. The fourth-order valence-corrected chi connectivity index (χ4v) is 1.85. The van der Waals surface area contributed by atoms with Crippen molar-refractivity contribution in [3.63, 3.8) is 0 Å². The van der Waals surface area contributed by atoms with E-state index in [1.165, 1.54) is 5.56 Å². The van der Waals surface area contributed by atoms with Crippen molar-refractivity contribution in [3.05, 3.63) is 60.2 Å². The van der Waals surface area contributed by atoms with Gasteiger partial charge in [-0.15, -0.1) is 9.32 Å². The van der Waals surface area contributed by atoms with Gasteiger partial charge < -0.3 is 5.32 Å². The van der Waals surface area contributed by atoms with Crippen molar-refractivity contribution < 1.29 is 9.32 Å². The van der Waals surface area contributed by atoms with Gasteiger partial charge in [-0.25, -0.2) is 0 Å². The molecular weight excluding hydrogens is 248 g/mol. The van der Waals surface area contributed by atoms with Crippen LogP contribution in [0.3, 0.4) is 0 Å². The Morgan fingerprint density at radius 1 is 1.00 bits per heavy atom. The van der Waals surface area contributed by atoms with Crippen molar-refractivity contribution in [2.45, 2.75) is 11.4 Å². The molecule has 2 aromatic rings. The quantitative estimate of drug-likeness (QED) is 0.476. The van der Waals surface area contributed by atoms with E-state index in [1.807, 2.05) is 42.5 Å². The molecule has 0 spiro atoms. The monoisotopic (exact) mass is 262 g/mol. The number of hydrogen-bond acceptors (Lipinski definition) is 5. The summed E-state index contributed by atoms with van der Waals surface area (Å²) < 4.78 is 4.56. The molecule has 4 nitrogen and oxygen atoms in total. The van der Waals surface area contributed by atoms with Crippen molar-refractivity contribution in [1.82, 2.24) is 0 Å². The van der Waals surface area contributed by atoms with Crippen molar-refractivity contribution in [2.75, 3.05) is 5.32 Å². The Balaban J connectivity index is 1.86. The molecule has 0 aliphatic carbocycles. The summed E-state index contributed by atoms with van der Waals surface area (Å²) in [7, 11) is 0. The zero-order valence-electron chi connectivity index (χ0n) is 9.71. The Kier molecular flexibility index (Phi) is 5.04. The predicted molar refractivity (Wildman–Crippen MR) is 72.4 cm³/mol. The van der Waals surface area contributed by atoms with Crippen LogP contribution in [0.4, 0.5) is 5.69 Å². The Morgan fingerprint density at radius 2 is 1.72 bits per heavy atom. The van der Waals surface area contributed by atoms with Crippen molar-refractivity contribution in [2.24, 2.45) is 5.90 Å². The van der Waals surface area contributed by atoms with Gasteiger partial charge in [0.15, 0.2) is 0 Å². The second-order valence-corrected chi connectivity index (χ2v) is 4.39. The van der Waals surface area contributed by atoms with Gasteiger partial charge in [0.05, 0.1) is 12.0 Å². The first kappa shape index (κ1) is 12.9. The maximum Gasteiger partial charge on any atom is 0.0702 e. The number of nitrogens with one attached hydrogen (secondary N) is 1. The zero-order chi connectivity index (χ0) is 12.6. The van der Waals surface area contributed by atoms with Gasteiger partial charge in [-0.3, -0.25) is 0 Å². The molecule has 0 fully saturated rings. The van der Waals surface area contributed by atoms with Crippen LogP contribution in [-0.2, 0) is 15.9 Å². The fraction of sp³-hybridized carbons (Fsp3) is 0.0769. The molecule has 0 amide bonds. The summed E-state index contributed by atoms with van der Waals surface area (Å²) in [6.45, 7) is 0.801. The molecule has 0 bridgehead atoms. The highest BCUT2D eigenvalue weighted by molar-refractivity contribution is 7.94. The lowest BCUT2D eigenvalue weighted by molar-refractivity contribution is -0.195. The third-order valence-corrected chi connectivity index (χ3v) is 2.97. The van der Waals surface area contributed by atoms with E-state index in [-0.39, 0.29) is 0 Å². The molecule has 0 atom stereocenters. The average Bonchev–Trinajstić information content (AvgIpc) is 2.45. The van der Waals surface area contributed by atoms with Gasteiger partial charge in [-0.2, -0.15) is 5.90 Å². The Labute approximate surface area is 110 Å². The normalized spacial score (nSPS) is 10.3. The lowest BCUT2D eigenvalue weighted by atomic mass is 10.2. The van der Waals surface area contributed by atoms with Crippen LogP contribution < -0.4 is 11.2 Å². The molecule has 2 rings (SSSR count). The van der Waals surface area contributed by atoms with Crippen LogP contribution in [0.2, 0.25) is 0 Å². The first-order valence-electron chi connectivity index (χ1n) is 5.46. The maximum atomic E-state index is 4.76.